The number of nitrogens with zero attached hydrogens (tertiary/aromatic N) is 2. The first-order valence-electron chi connectivity index (χ1n) is 6.90. The summed E-state index contributed by atoms with van der Waals surface area (Å²) in [5.41, 5.74) is 0.423. The van der Waals surface area contributed by atoms with Gasteiger partial charge in [-0.15, -0.1) is 0 Å². The van der Waals surface area contributed by atoms with E-state index in [1.54, 1.807) is 6.92 Å². The second kappa shape index (κ2) is 6.76. The number of sulfone groups is 1. The molecule has 0 aliphatic rings. The van der Waals surface area contributed by atoms with Gasteiger partial charge in [-0.3, -0.25) is 0 Å². The maximum Gasteiger partial charge on any atom is 0.259 e. The number of hydrogen-bond donors (Lipinski definition) is 1. The first-order chi connectivity index (χ1) is 10.4. The minimum Gasteiger partial charge on any atom is -0.334 e. The molecule has 1 unspecified atom stereocenters. The second-order valence-corrected chi connectivity index (χ2v) is 7.64. The summed E-state index contributed by atoms with van der Waals surface area (Å²) in [5, 5.41) is 7.35. The van der Waals surface area contributed by atoms with Crippen molar-refractivity contribution in [1.29, 1.82) is 0 Å². The summed E-state index contributed by atoms with van der Waals surface area (Å²) >= 11 is 6.13. The zero-order valence-electron chi connectivity index (χ0n) is 12.6. The van der Waals surface area contributed by atoms with Crippen molar-refractivity contribution in [2.24, 2.45) is 0 Å². The van der Waals surface area contributed by atoms with E-state index in [2.05, 4.69) is 15.5 Å². The Hall–Kier alpha value is -1.44. The van der Waals surface area contributed by atoms with E-state index in [1.807, 2.05) is 14.0 Å². The Bertz CT molecular complexity index is 758. The van der Waals surface area contributed by atoms with Gasteiger partial charge in [0.25, 0.3) is 5.89 Å². The highest BCUT2D eigenvalue weighted by Gasteiger charge is 2.18. The largest absolute Gasteiger partial charge is 0.334 e. The quantitative estimate of drug-likeness (QED) is 0.866. The lowest BCUT2D eigenvalue weighted by molar-refractivity contribution is 0.418. The molecule has 0 amide bonds. The van der Waals surface area contributed by atoms with E-state index in [0.717, 1.165) is 0 Å². The van der Waals surface area contributed by atoms with Gasteiger partial charge >= 0.3 is 0 Å². The summed E-state index contributed by atoms with van der Waals surface area (Å²) in [7, 11) is -1.47. The molecule has 0 aliphatic carbocycles. The lowest BCUT2D eigenvalue weighted by Crippen LogP contribution is -2.24. The SMILES string of the molecule is CCS(=O)(=O)c1ccc(Cl)c(-c2nc(CC(C)NC)no2)c1. The third-order valence-corrected chi connectivity index (χ3v) is 5.42. The van der Waals surface area contributed by atoms with Crippen LogP contribution < -0.4 is 5.32 Å². The Morgan fingerprint density at radius 3 is 2.77 bits per heavy atom. The average molecular weight is 344 g/mol. The number of rotatable bonds is 6. The molecule has 1 atom stereocenters. The lowest BCUT2D eigenvalue weighted by atomic mass is 10.2. The van der Waals surface area contributed by atoms with Crippen LogP contribution in [0.15, 0.2) is 27.6 Å². The normalized spacial score (nSPS) is 13.3. The molecule has 0 radical (unpaired) electrons. The van der Waals surface area contributed by atoms with Crippen LogP contribution in [0.3, 0.4) is 0 Å². The molecule has 2 rings (SSSR count). The monoisotopic (exact) mass is 343 g/mol. The summed E-state index contributed by atoms with van der Waals surface area (Å²) in [6.07, 6.45) is 0.602. The summed E-state index contributed by atoms with van der Waals surface area (Å²) in [4.78, 5) is 4.47. The van der Waals surface area contributed by atoms with Crippen molar-refractivity contribution in [2.75, 3.05) is 12.8 Å². The van der Waals surface area contributed by atoms with Gasteiger partial charge in [0.05, 0.1) is 21.2 Å². The predicted octanol–water partition coefficient (Wildman–Crippen LogP) is 2.33. The Morgan fingerprint density at radius 1 is 1.41 bits per heavy atom. The van der Waals surface area contributed by atoms with Crippen molar-refractivity contribution in [1.82, 2.24) is 15.5 Å². The fourth-order valence-corrected chi connectivity index (χ4v) is 2.96. The van der Waals surface area contributed by atoms with Crippen LogP contribution in [0.1, 0.15) is 19.7 Å². The van der Waals surface area contributed by atoms with E-state index in [0.29, 0.717) is 22.8 Å². The number of likely N-dealkylation sites (N-methyl/N-ethyl adjacent to an activating group) is 1. The molecule has 0 saturated carbocycles. The number of aromatic nitrogens is 2. The van der Waals surface area contributed by atoms with Gasteiger partial charge in [-0.05, 0) is 32.2 Å². The minimum atomic E-state index is -3.32. The molecule has 120 valence electrons. The van der Waals surface area contributed by atoms with E-state index in [-0.39, 0.29) is 22.6 Å². The highest BCUT2D eigenvalue weighted by molar-refractivity contribution is 7.91. The van der Waals surface area contributed by atoms with Crippen molar-refractivity contribution < 1.29 is 12.9 Å². The van der Waals surface area contributed by atoms with Crippen molar-refractivity contribution in [3.8, 4) is 11.5 Å². The third kappa shape index (κ3) is 3.66. The Labute approximate surface area is 134 Å². The molecular weight excluding hydrogens is 326 g/mol. The van der Waals surface area contributed by atoms with Gasteiger partial charge in [-0.2, -0.15) is 4.98 Å². The molecule has 1 N–H and O–H groups in total. The lowest BCUT2D eigenvalue weighted by Gasteiger charge is -2.05. The van der Waals surface area contributed by atoms with Crippen molar-refractivity contribution in [3.05, 3.63) is 29.0 Å². The smallest absolute Gasteiger partial charge is 0.259 e. The molecule has 22 heavy (non-hydrogen) atoms. The molecule has 6 nitrogen and oxygen atoms in total. The molecule has 1 aromatic carbocycles. The molecule has 0 spiro atoms. The van der Waals surface area contributed by atoms with Gasteiger partial charge in [0.2, 0.25) is 0 Å². The summed E-state index contributed by atoms with van der Waals surface area (Å²) in [5.74, 6) is 0.774. The Morgan fingerprint density at radius 2 is 2.14 bits per heavy atom. The number of benzene rings is 1. The zero-order valence-corrected chi connectivity index (χ0v) is 14.2. The van der Waals surface area contributed by atoms with Crippen LogP contribution in [0.25, 0.3) is 11.5 Å². The van der Waals surface area contributed by atoms with Gasteiger partial charge in [0.1, 0.15) is 0 Å². The molecule has 1 heterocycles. The topological polar surface area (TPSA) is 85.1 Å². The van der Waals surface area contributed by atoms with E-state index in [4.69, 9.17) is 16.1 Å². The van der Waals surface area contributed by atoms with Crippen LogP contribution in [0.4, 0.5) is 0 Å². The predicted molar refractivity (Wildman–Crippen MR) is 84.7 cm³/mol. The standard InChI is InChI=1S/C14H18ClN3O3S/c1-4-22(19,20)10-5-6-12(15)11(8-10)14-17-13(18-21-14)7-9(2)16-3/h5-6,8-9,16H,4,7H2,1-3H3. The van der Waals surface area contributed by atoms with Crippen molar-refractivity contribution in [2.45, 2.75) is 31.2 Å². The molecule has 0 saturated heterocycles. The number of nitrogens with one attached hydrogen (secondary N) is 1. The van der Waals surface area contributed by atoms with Crippen LogP contribution in [-0.2, 0) is 16.3 Å². The van der Waals surface area contributed by atoms with Crippen LogP contribution in [0.2, 0.25) is 5.02 Å². The Kier molecular flexibility index (Phi) is 5.20. The van der Waals surface area contributed by atoms with Gasteiger partial charge in [-0.1, -0.05) is 23.7 Å². The van der Waals surface area contributed by atoms with Crippen molar-refractivity contribution >= 4 is 21.4 Å². The van der Waals surface area contributed by atoms with Crippen LogP contribution in [0, 0.1) is 0 Å². The van der Waals surface area contributed by atoms with E-state index < -0.39 is 9.84 Å². The number of halogens is 1. The molecule has 2 aromatic rings. The second-order valence-electron chi connectivity index (χ2n) is 4.95. The minimum absolute atomic E-state index is 0.0167. The molecule has 0 aliphatic heterocycles. The zero-order chi connectivity index (χ0) is 16.3. The van der Waals surface area contributed by atoms with E-state index in [9.17, 15) is 8.42 Å². The van der Waals surface area contributed by atoms with Crippen molar-refractivity contribution in [3.63, 3.8) is 0 Å². The Balaban J connectivity index is 2.38. The van der Waals surface area contributed by atoms with E-state index in [1.165, 1.54) is 18.2 Å². The maximum atomic E-state index is 12.0. The van der Waals surface area contributed by atoms with Crippen LogP contribution in [0.5, 0.6) is 0 Å². The highest BCUT2D eigenvalue weighted by Crippen LogP contribution is 2.29. The maximum absolute atomic E-state index is 12.0. The summed E-state index contributed by atoms with van der Waals surface area (Å²) < 4.78 is 29.1. The third-order valence-electron chi connectivity index (χ3n) is 3.36. The summed E-state index contributed by atoms with van der Waals surface area (Å²) in [6, 6.07) is 4.68. The first-order valence-corrected chi connectivity index (χ1v) is 8.93. The molecule has 0 fully saturated rings. The fraction of sp³-hybridized carbons (Fsp3) is 0.429. The molecular formula is C14H18ClN3O3S. The summed E-state index contributed by atoms with van der Waals surface area (Å²) in [6.45, 7) is 3.59. The first kappa shape index (κ1) is 16.9. The van der Waals surface area contributed by atoms with Gasteiger partial charge in [0.15, 0.2) is 15.7 Å². The molecule has 1 aromatic heterocycles. The average Bonchev–Trinajstić information content (AvgIpc) is 2.95. The highest BCUT2D eigenvalue weighted by atomic mass is 35.5. The fourth-order valence-electron chi connectivity index (χ4n) is 1.85. The van der Waals surface area contributed by atoms with E-state index >= 15 is 0 Å². The molecule has 0 bridgehead atoms. The number of hydrogen-bond acceptors (Lipinski definition) is 6. The van der Waals surface area contributed by atoms with Crippen LogP contribution >= 0.6 is 11.6 Å². The molecule has 8 heteroatoms. The van der Waals surface area contributed by atoms with Gasteiger partial charge < -0.3 is 9.84 Å². The van der Waals surface area contributed by atoms with Crippen LogP contribution in [-0.4, -0.2) is 37.4 Å². The van der Waals surface area contributed by atoms with Gasteiger partial charge in [-0.25, -0.2) is 8.42 Å². The van der Waals surface area contributed by atoms with Gasteiger partial charge in [0, 0.05) is 12.5 Å².